The first-order valence-corrected chi connectivity index (χ1v) is 30.5. The lowest BCUT2D eigenvalue weighted by Gasteiger charge is -2.20. The molecule has 0 aromatic carbocycles. The Morgan fingerprint density at radius 2 is 0.682 bits per heavy atom. The van der Waals surface area contributed by atoms with E-state index in [4.69, 9.17) is 23.6 Å². The third kappa shape index (κ3) is 52.8. The number of phosphoric ester groups is 1. The highest BCUT2D eigenvalue weighted by Crippen LogP contribution is 2.43. The van der Waals surface area contributed by atoms with Gasteiger partial charge < -0.3 is 24.6 Å². The maximum absolute atomic E-state index is 12.7. The number of hydrogen-bond acceptors (Lipinski definition) is 8. The first kappa shape index (κ1) is 65.5. The molecule has 0 aliphatic carbocycles. The third-order valence-corrected chi connectivity index (χ3v) is 14.2. The van der Waals surface area contributed by atoms with Crippen molar-refractivity contribution in [1.29, 1.82) is 0 Å². The number of ether oxygens (including phenoxy) is 2. The zero-order valence-corrected chi connectivity index (χ0v) is 44.8. The number of esters is 1. The smallest absolute Gasteiger partial charge is 0.457 e. The number of rotatable bonds is 57. The van der Waals surface area contributed by atoms with Gasteiger partial charge in [0.2, 0.25) is 0 Å². The van der Waals surface area contributed by atoms with E-state index in [1.807, 2.05) is 0 Å². The van der Waals surface area contributed by atoms with Gasteiger partial charge in [0, 0.05) is 13.0 Å². The van der Waals surface area contributed by atoms with Crippen LogP contribution in [0.3, 0.4) is 0 Å². The van der Waals surface area contributed by atoms with E-state index in [-0.39, 0.29) is 25.6 Å². The minimum Gasteiger partial charge on any atom is -0.457 e. The topological polar surface area (TPSA) is 132 Å². The number of hydrogen-bond donors (Lipinski definition) is 3. The van der Waals surface area contributed by atoms with Gasteiger partial charge in [-0.25, -0.2) is 4.57 Å². The van der Waals surface area contributed by atoms with E-state index in [9.17, 15) is 19.4 Å². The fraction of sp³-hybridized carbons (Fsp3) is 0.982. The minimum atomic E-state index is -4.52. The molecule has 0 spiro atoms. The van der Waals surface area contributed by atoms with Gasteiger partial charge in [0.1, 0.15) is 12.2 Å². The van der Waals surface area contributed by atoms with Crippen molar-refractivity contribution in [2.75, 3.05) is 33.0 Å². The van der Waals surface area contributed by atoms with Gasteiger partial charge in [-0.3, -0.25) is 13.8 Å². The molecule has 0 saturated carbocycles. The van der Waals surface area contributed by atoms with E-state index < -0.39 is 33.2 Å². The Labute approximate surface area is 409 Å². The molecule has 10 heteroatoms. The van der Waals surface area contributed by atoms with Crippen molar-refractivity contribution < 1.29 is 43.0 Å². The van der Waals surface area contributed by atoms with Crippen LogP contribution >= 0.6 is 7.82 Å². The largest absolute Gasteiger partial charge is 0.472 e. The lowest BCUT2D eigenvalue weighted by Crippen LogP contribution is -2.29. The fourth-order valence-electron chi connectivity index (χ4n) is 8.89. The van der Waals surface area contributed by atoms with E-state index in [1.165, 1.54) is 257 Å². The molecule has 0 amide bonds. The van der Waals surface area contributed by atoms with Crippen LogP contribution in [0.1, 0.15) is 309 Å². The second-order valence-electron chi connectivity index (χ2n) is 20.0. The van der Waals surface area contributed by atoms with E-state index in [1.54, 1.807) is 0 Å². The molecule has 396 valence electrons. The Hall–Kier alpha value is -0.540. The standard InChI is InChI=1S/C56H113O9P/c1-3-5-7-9-11-13-15-17-19-21-23-25-27-28-30-32-34-36-38-40-42-44-46-48-56(59)65-55(53-64-66(60,61)63-51-54(58)50-57)52-62-49-47-45-43-41-39-37-35-33-31-29-26-24-22-20-18-16-14-12-10-8-6-4-2/h54-55,57-58H,3-53H2,1-2H3,(H,60,61). The van der Waals surface area contributed by atoms with Gasteiger partial charge in [0.05, 0.1) is 26.4 Å². The van der Waals surface area contributed by atoms with Crippen LogP contribution in [0.4, 0.5) is 0 Å². The molecule has 0 aliphatic rings. The number of aliphatic hydroxyl groups excluding tert-OH is 2. The van der Waals surface area contributed by atoms with E-state index >= 15 is 0 Å². The van der Waals surface area contributed by atoms with E-state index in [2.05, 4.69) is 13.8 Å². The molecule has 0 aromatic rings. The van der Waals surface area contributed by atoms with Crippen LogP contribution < -0.4 is 0 Å². The second-order valence-corrected chi connectivity index (χ2v) is 21.5. The molecule has 3 N–H and O–H groups in total. The maximum atomic E-state index is 12.7. The first-order valence-electron chi connectivity index (χ1n) is 29.0. The Kier molecular flexibility index (Phi) is 53.4. The molecule has 0 rings (SSSR count). The van der Waals surface area contributed by atoms with Gasteiger partial charge in [-0.05, 0) is 12.8 Å². The average molecular weight is 961 g/mol. The van der Waals surface area contributed by atoms with E-state index in [0.717, 1.165) is 32.1 Å². The lowest BCUT2D eigenvalue weighted by molar-refractivity contribution is -0.154. The summed E-state index contributed by atoms with van der Waals surface area (Å²) in [6.45, 7) is 3.63. The molecular weight excluding hydrogens is 848 g/mol. The summed E-state index contributed by atoms with van der Waals surface area (Å²) in [7, 11) is -4.52. The maximum Gasteiger partial charge on any atom is 0.472 e. The van der Waals surface area contributed by atoms with Gasteiger partial charge in [-0.2, -0.15) is 0 Å². The molecule has 0 radical (unpaired) electrons. The highest BCUT2D eigenvalue weighted by atomic mass is 31.2. The second kappa shape index (κ2) is 53.8. The fourth-order valence-corrected chi connectivity index (χ4v) is 9.68. The molecule has 0 bridgehead atoms. The number of unbranched alkanes of at least 4 members (excludes halogenated alkanes) is 43. The summed E-state index contributed by atoms with van der Waals surface area (Å²) in [6.07, 6.45) is 58.0. The molecular formula is C56H113O9P. The van der Waals surface area contributed by atoms with Crippen molar-refractivity contribution in [3.63, 3.8) is 0 Å². The summed E-state index contributed by atoms with van der Waals surface area (Å²) in [4.78, 5) is 22.8. The summed E-state index contributed by atoms with van der Waals surface area (Å²) < 4.78 is 33.7. The number of phosphoric acid groups is 1. The van der Waals surface area contributed by atoms with Crippen LogP contribution in [-0.4, -0.2) is 66.3 Å². The summed E-state index contributed by atoms with van der Waals surface area (Å²) in [6, 6.07) is 0. The number of aliphatic hydroxyl groups is 2. The third-order valence-electron chi connectivity index (χ3n) is 13.3. The SMILES string of the molecule is CCCCCCCCCCCCCCCCCCCCCCCCCC(=O)OC(COCCCCCCCCCCCCCCCCCCCCCCCC)COP(=O)(O)OCC(O)CO. The van der Waals surface area contributed by atoms with Crippen molar-refractivity contribution in [1.82, 2.24) is 0 Å². The van der Waals surface area contributed by atoms with Crippen molar-refractivity contribution in [2.24, 2.45) is 0 Å². The predicted octanol–water partition coefficient (Wildman–Crippen LogP) is 17.4. The zero-order valence-electron chi connectivity index (χ0n) is 44.0. The average Bonchev–Trinajstić information content (AvgIpc) is 3.31. The quantitative estimate of drug-likeness (QED) is 0.0310. The van der Waals surface area contributed by atoms with Crippen LogP contribution in [-0.2, 0) is 27.9 Å². The highest BCUT2D eigenvalue weighted by Gasteiger charge is 2.26. The van der Waals surface area contributed by atoms with Gasteiger partial charge >= 0.3 is 13.8 Å². The van der Waals surface area contributed by atoms with Gasteiger partial charge in [0.25, 0.3) is 0 Å². The Bertz CT molecular complexity index is 1000. The van der Waals surface area contributed by atoms with Crippen molar-refractivity contribution in [2.45, 2.75) is 321 Å². The van der Waals surface area contributed by atoms with Crippen LogP contribution in [0.25, 0.3) is 0 Å². The van der Waals surface area contributed by atoms with E-state index in [0.29, 0.717) is 6.61 Å². The highest BCUT2D eigenvalue weighted by molar-refractivity contribution is 7.47. The summed E-state index contributed by atoms with van der Waals surface area (Å²) >= 11 is 0. The minimum absolute atomic E-state index is 0.0592. The Balaban J connectivity index is 3.94. The summed E-state index contributed by atoms with van der Waals surface area (Å²) in [5.74, 6) is -0.371. The molecule has 0 saturated heterocycles. The zero-order chi connectivity index (χ0) is 48.1. The van der Waals surface area contributed by atoms with Crippen molar-refractivity contribution in [3.8, 4) is 0 Å². The predicted molar refractivity (Wildman–Crippen MR) is 279 cm³/mol. The van der Waals surface area contributed by atoms with Crippen LogP contribution in [0, 0.1) is 0 Å². The molecule has 0 fully saturated rings. The van der Waals surface area contributed by atoms with Crippen molar-refractivity contribution in [3.05, 3.63) is 0 Å². The lowest BCUT2D eigenvalue weighted by atomic mass is 10.0. The molecule has 0 aliphatic heterocycles. The van der Waals surface area contributed by atoms with Crippen LogP contribution in [0.5, 0.6) is 0 Å². The van der Waals surface area contributed by atoms with Gasteiger partial charge in [-0.15, -0.1) is 0 Å². The monoisotopic (exact) mass is 961 g/mol. The number of carbonyl (C=O) groups excluding carboxylic acids is 1. The molecule has 9 nitrogen and oxygen atoms in total. The van der Waals surface area contributed by atoms with Crippen molar-refractivity contribution >= 4 is 13.8 Å². The van der Waals surface area contributed by atoms with Crippen LogP contribution in [0.2, 0.25) is 0 Å². The molecule has 66 heavy (non-hydrogen) atoms. The Morgan fingerprint density at radius 3 is 0.985 bits per heavy atom. The first-order chi connectivity index (χ1) is 32.3. The molecule has 0 aromatic heterocycles. The Morgan fingerprint density at radius 1 is 0.409 bits per heavy atom. The van der Waals surface area contributed by atoms with Crippen LogP contribution in [0.15, 0.2) is 0 Å². The normalized spacial score (nSPS) is 13.6. The number of carbonyl (C=O) groups is 1. The molecule has 3 unspecified atom stereocenters. The summed E-state index contributed by atoms with van der Waals surface area (Å²) in [5.41, 5.74) is 0. The molecule has 0 heterocycles. The van der Waals surface area contributed by atoms with Gasteiger partial charge in [-0.1, -0.05) is 290 Å². The summed E-state index contributed by atoms with van der Waals surface area (Å²) in [5, 5.41) is 18.5. The molecule has 3 atom stereocenters. The van der Waals surface area contributed by atoms with Gasteiger partial charge in [0.15, 0.2) is 0 Å².